The second-order valence-corrected chi connectivity index (χ2v) is 5.94. The second-order valence-electron chi connectivity index (χ2n) is 5.94. The van der Waals surface area contributed by atoms with Gasteiger partial charge in [0.1, 0.15) is 6.20 Å². The molecule has 1 aliphatic heterocycles. The zero-order chi connectivity index (χ0) is 17.8. The second kappa shape index (κ2) is 8.72. The first kappa shape index (κ1) is 19.8. The van der Waals surface area contributed by atoms with Gasteiger partial charge >= 0.3 is 5.82 Å². The number of carbonyl (C=O) groups excluding carboxylic acids is 1. The Bertz CT molecular complexity index is 767. The van der Waals surface area contributed by atoms with Gasteiger partial charge < -0.3 is 24.9 Å². The van der Waals surface area contributed by atoms with Gasteiger partial charge in [-0.3, -0.25) is 9.78 Å². The average molecular weight is 381 g/mol. The van der Waals surface area contributed by atoms with E-state index in [0.29, 0.717) is 25.5 Å². The number of rotatable bonds is 5. The third-order valence-electron chi connectivity index (χ3n) is 4.35. The Kier molecular flexibility index (Phi) is 6.64. The summed E-state index contributed by atoms with van der Waals surface area (Å²) < 4.78 is 1.65. The highest BCUT2D eigenvalue weighted by atomic mass is 35.5. The number of aromatic nitrogens is 3. The van der Waals surface area contributed by atoms with Crippen molar-refractivity contribution in [2.45, 2.75) is 25.9 Å². The van der Waals surface area contributed by atoms with Crippen LogP contribution in [0.15, 0.2) is 30.7 Å². The number of hydrogen-bond donors (Lipinski definition) is 1. The molecular weight excluding hydrogens is 360 g/mol. The Morgan fingerprint density at radius 1 is 1.50 bits per heavy atom. The SMILES string of the molecule is Cc1nc([N+](=O)[O-])cn1CCC(=O)N1CCNCC1c1cccnc1.Cl. The number of hydrogen-bond acceptors (Lipinski definition) is 6. The van der Waals surface area contributed by atoms with Gasteiger partial charge in [0.2, 0.25) is 11.7 Å². The van der Waals surface area contributed by atoms with Crippen molar-refractivity contribution in [2.75, 3.05) is 19.6 Å². The van der Waals surface area contributed by atoms with Crippen LogP contribution >= 0.6 is 12.4 Å². The standard InChI is InChI=1S/C16H20N6O3.ClH/c1-12-19-15(22(24)25)11-20(12)7-4-16(23)21-8-6-18-10-14(21)13-3-2-5-17-9-13;/h2-3,5,9,11,14,18H,4,6-8,10H2,1H3;1H. The van der Waals surface area contributed by atoms with E-state index in [1.165, 1.54) is 6.20 Å². The van der Waals surface area contributed by atoms with Gasteiger partial charge in [-0.05, 0) is 21.5 Å². The number of piperazine rings is 1. The molecule has 0 spiro atoms. The summed E-state index contributed by atoms with van der Waals surface area (Å²) in [7, 11) is 0. The third-order valence-corrected chi connectivity index (χ3v) is 4.35. The quantitative estimate of drug-likeness (QED) is 0.622. The first-order chi connectivity index (χ1) is 12.1. The molecule has 3 rings (SSSR count). The molecule has 1 atom stereocenters. The lowest BCUT2D eigenvalue weighted by atomic mass is 10.0. The molecular formula is C16H21ClN6O3. The summed E-state index contributed by atoms with van der Waals surface area (Å²) in [5.41, 5.74) is 0.998. The molecule has 0 saturated carbocycles. The van der Waals surface area contributed by atoms with Crippen molar-refractivity contribution < 1.29 is 9.72 Å². The van der Waals surface area contributed by atoms with E-state index < -0.39 is 4.92 Å². The summed E-state index contributed by atoms with van der Waals surface area (Å²) in [6.07, 6.45) is 5.13. The molecule has 0 bridgehead atoms. The summed E-state index contributed by atoms with van der Waals surface area (Å²) in [5, 5.41) is 14.1. The van der Waals surface area contributed by atoms with E-state index >= 15 is 0 Å². The number of nitrogens with zero attached hydrogens (tertiary/aromatic N) is 5. The number of pyridine rings is 1. The van der Waals surface area contributed by atoms with Crippen molar-refractivity contribution in [1.29, 1.82) is 0 Å². The molecule has 2 aromatic heterocycles. The van der Waals surface area contributed by atoms with Crippen molar-refractivity contribution in [1.82, 2.24) is 24.8 Å². The number of halogens is 1. The number of nitro groups is 1. The predicted molar refractivity (Wildman–Crippen MR) is 97.0 cm³/mol. The lowest BCUT2D eigenvalue weighted by molar-refractivity contribution is -0.389. The molecule has 10 heteroatoms. The molecule has 1 unspecified atom stereocenters. The van der Waals surface area contributed by atoms with Crippen molar-refractivity contribution in [3.05, 3.63) is 52.2 Å². The normalized spacial score (nSPS) is 16.8. The van der Waals surface area contributed by atoms with E-state index in [0.717, 1.165) is 12.1 Å². The summed E-state index contributed by atoms with van der Waals surface area (Å²) >= 11 is 0. The molecule has 1 saturated heterocycles. The van der Waals surface area contributed by atoms with Crippen LogP contribution in [0.3, 0.4) is 0 Å². The highest BCUT2D eigenvalue weighted by molar-refractivity contribution is 5.85. The number of nitrogens with one attached hydrogen (secondary N) is 1. The van der Waals surface area contributed by atoms with E-state index in [-0.39, 0.29) is 36.6 Å². The van der Waals surface area contributed by atoms with Gasteiger partial charge in [-0.1, -0.05) is 6.07 Å². The lowest BCUT2D eigenvalue weighted by Gasteiger charge is -2.36. The van der Waals surface area contributed by atoms with Gasteiger partial charge in [-0.2, -0.15) is 0 Å². The summed E-state index contributed by atoms with van der Waals surface area (Å²) in [5.74, 6) is 0.357. The lowest BCUT2D eigenvalue weighted by Crippen LogP contribution is -2.48. The van der Waals surface area contributed by atoms with E-state index in [1.54, 1.807) is 23.9 Å². The van der Waals surface area contributed by atoms with Crippen molar-refractivity contribution in [3.8, 4) is 0 Å². The van der Waals surface area contributed by atoms with E-state index in [2.05, 4.69) is 15.3 Å². The van der Waals surface area contributed by atoms with Gasteiger partial charge in [0.05, 0.1) is 6.04 Å². The summed E-state index contributed by atoms with van der Waals surface area (Å²) in [6, 6.07) is 3.78. The maximum absolute atomic E-state index is 12.7. The van der Waals surface area contributed by atoms with Crippen molar-refractivity contribution in [2.24, 2.45) is 0 Å². The topological polar surface area (TPSA) is 106 Å². The van der Waals surface area contributed by atoms with Crippen LogP contribution in [0.5, 0.6) is 0 Å². The molecule has 0 aromatic carbocycles. The van der Waals surface area contributed by atoms with Crippen molar-refractivity contribution in [3.63, 3.8) is 0 Å². The van der Waals surface area contributed by atoms with Crippen LogP contribution in [-0.2, 0) is 11.3 Å². The molecule has 1 N–H and O–H groups in total. The van der Waals surface area contributed by atoms with Crippen LogP contribution in [0, 0.1) is 17.0 Å². The van der Waals surface area contributed by atoms with Gasteiger partial charge in [0.25, 0.3) is 0 Å². The minimum Gasteiger partial charge on any atom is -0.358 e. The van der Waals surface area contributed by atoms with E-state index in [9.17, 15) is 14.9 Å². The molecule has 0 radical (unpaired) electrons. The molecule has 1 aliphatic rings. The predicted octanol–water partition coefficient (Wildman–Crippen LogP) is 1.48. The minimum absolute atomic E-state index is 0. The highest BCUT2D eigenvalue weighted by Gasteiger charge is 2.28. The fraction of sp³-hybridized carbons (Fsp3) is 0.438. The number of amides is 1. The zero-order valence-corrected chi connectivity index (χ0v) is 15.2. The Hall–Kier alpha value is -2.52. The van der Waals surface area contributed by atoms with Crippen LogP contribution < -0.4 is 5.32 Å². The van der Waals surface area contributed by atoms with Crippen LogP contribution in [0.2, 0.25) is 0 Å². The van der Waals surface area contributed by atoms with E-state index in [1.807, 2.05) is 17.0 Å². The molecule has 1 amide bonds. The smallest absolute Gasteiger partial charge is 0.358 e. The summed E-state index contributed by atoms with van der Waals surface area (Å²) in [6.45, 7) is 4.13. The molecule has 1 fully saturated rings. The maximum Gasteiger partial charge on any atom is 0.381 e. The first-order valence-corrected chi connectivity index (χ1v) is 8.14. The number of imidazole rings is 1. The molecule has 2 aromatic rings. The largest absolute Gasteiger partial charge is 0.381 e. The van der Waals surface area contributed by atoms with Crippen LogP contribution in [0.4, 0.5) is 5.82 Å². The monoisotopic (exact) mass is 380 g/mol. The molecule has 26 heavy (non-hydrogen) atoms. The Morgan fingerprint density at radius 3 is 2.96 bits per heavy atom. The maximum atomic E-state index is 12.7. The van der Waals surface area contributed by atoms with Gasteiger partial charge in [0, 0.05) is 51.9 Å². The minimum atomic E-state index is -0.528. The fourth-order valence-electron chi connectivity index (χ4n) is 3.04. The first-order valence-electron chi connectivity index (χ1n) is 8.14. The van der Waals surface area contributed by atoms with Crippen LogP contribution in [0.1, 0.15) is 23.9 Å². The highest BCUT2D eigenvalue weighted by Crippen LogP contribution is 2.22. The Labute approximate surface area is 157 Å². The van der Waals surface area contributed by atoms with Gasteiger partial charge in [0.15, 0.2) is 0 Å². The molecule has 140 valence electrons. The average Bonchev–Trinajstić information content (AvgIpc) is 3.01. The van der Waals surface area contributed by atoms with E-state index in [4.69, 9.17) is 0 Å². The van der Waals surface area contributed by atoms with Crippen LogP contribution in [0.25, 0.3) is 0 Å². The Morgan fingerprint density at radius 2 is 2.31 bits per heavy atom. The van der Waals surface area contributed by atoms with Crippen molar-refractivity contribution >= 4 is 24.1 Å². The van der Waals surface area contributed by atoms with Crippen LogP contribution in [-0.4, -0.2) is 49.9 Å². The number of aryl methyl sites for hydroxylation is 2. The molecule has 3 heterocycles. The molecule has 0 aliphatic carbocycles. The number of carbonyl (C=O) groups is 1. The Balaban J connectivity index is 0.00000243. The van der Waals surface area contributed by atoms with Gasteiger partial charge in [-0.15, -0.1) is 12.4 Å². The zero-order valence-electron chi connectivity index (χ0n) is 14.4. The fourth-order valence-corrected chi connectivity index (χ4v) is 3.04. The third kappa shape index (κ3) is 4.36. The molecule has 9 nitrogen and oxygen atoms in total. The summed E-state index contributed by atoms with van der Waals surface area (Å²) in [4.78, 5) is 32.9. The van der Waals surface area contributed by atoms with Gasteiger partial charge in [-0.25, -0.2) is 0 Å².